The second-order valence-electron chi connectivity index (χ2n) is 4.63. The van der Waals surface area contributed by atoms with Crippen molar-refractivity contribution in [3.05, 3.63) is 38.0 Å². The molecule has 0 fully saturated rings. The standard InChI is InChI=1S/C14H20N4S2.HI/c1-10-13(20-11(2)17-10)7-16-14(15-3)18(4)8-12-5-6-19-9-12;/h5-6,9H,7-8H2,1-4H3,(H,15,16);1H. The van der Waals surface area contributed by atoms with Crippen molar-refractivity contribution in [1.29, 1.82) is 0 Å². The van der Waals surface area contributed by atoms with Gasteiger partial charge < -0.3 is 10.2 Å². The van der Waals surface area contributed by atoms with Crippen LogP contribution in [0.1, 0.15) is 21.1 Å². The molecule has 0 aliphatic heterocycles. The van der Waals surface area contributed by atoms with E-state index in [-0.39, 0.29) is 24.0 Å². The van der Waals surface area contributed by atoms with E-state index in [2.05, 4.69) is 51.0 Å². The van der Waals surface area contributed by atoms with E-state index in [1.165, 1.54) is 10.4 Å². The number of nitrogens with one attached hydrogen (secondary N) is 1. The molecule has 7 heteroatoms. The lowest BCUT2D eigenvalue weighted by molar-refractivity contribution is 0.477. The average molecular weight is 436 g/mol. The third-order valence-electron chi connectivity index (χ3n) is 2.98. The monoisotopic (exact) mass is 436 g/mol. The summed E-state index contributed by atoms with van der Waals surface area (Å²) in [6, 6.07) is 2.14. The quantitative estimate of drug-likeness (QED) is 0.452. The zero-order chi connectivity index (χ0) is 14.5. The number of hydrogen-bond acceptors (Lipinski definition) is 4. The zero-order valence-corrected chi connectivity index (χ0v) is 16.7. The maximum atomic E-state index is 4.45. The van der Waals surface area contributed by atoms with E-state index in [1.54, 1.807) is 22.7 Å². The number of thiophene rings is 1. The molecule has 1 N–H and O–H groups in total. The maximum Gasteiger partial charge on any atom is 0.193 e. The van der Waals surface area contributed by atoms with Crippen molar-refractivity contribution in [3.63, 3.8) is 0 Å². The third-order valence-corrected chi connectivity index (χ3v) is 4.78. The van der Waals surface area contributed by atoms with Crippen LogP contribution in [0.3, 0.4) is 0 Å². The number of aryl methyl sites for hydroxylation is 2. The van der Waals surface area contributed by atoms with Gasteiger partial charge in [0.25, 0.3) is 0 Å². The summed E-state index contributed by atoms with van der Waals surface area (Å²) in [5.74, 6) is 0.904. The van der Waals surface area contributed by atoms with Gasteiger partial charge in [-0.2, -0.15) is 11.3 Å². The van der Waals surface area contributed by atoms with Gasteiger partial charge in [-0.15, -0.1) is 35.3 Å². The predicted molar refractivity (Wildman–Crippen MR) is 103 cm³/mol. The van der Waals surface area contributed by atoms with Gasteiger partial charge in [-0.25, -0.2) is 4.98 Å². The summed E-state index contributed by atoms with van der Waals surface area (Å²) < 4.78 is 0. The normalized spacial score (nSPS) is 11.1. The molecule has 2 aromatic rings. The molecule has 0 aliphatic rings. The molecule has 2 aromatic heterocycles. The van der Waals surface area contributed by atoms with E-state index >= 15 is 0 Å². The van der Waals surface area contributed by atoms with Crippen LogP contribution in [-0.2, 0) is 13.1 Å². The van der Waals surface area contributed by atoms with Crippen molar-refractivity contribution < 1.29 is 0 Å². The highest BCUT2D eigenvalue weighted by Crippen LogP contribution is 2.16. The molecule has 116 valence electrons. The number of nitrogens with zero attached hydrogens (tertiary/aromatic N) is 3. The van der Waals surface area contributed by atoms with Gasteiger partial charge in [-0.3, -0.25) is 4.99 Å². The van der Waals surface area contributed by atoms with Crippen LogP contribution >= 0.6 is 46.7 Å². The highest BCUT2D eigenvalue weighted by molar-refractivity contribution is 14.0. The average Bonchev–Trinajstić information content (AvgIpc) is 3.00. The van der Waals surface area contributed by atoms with E-state index < -0.39 is 0 Å². The molecule has 0 radical (unpaired) electrons. The molecule has 0 saturated carbocycles. The first-order valence-electron chi connectivity index (χ1n) is 6.46. The molecule has 0 unspecified atom stereocenters. The van der Waals surface area contributed by atoms with Crippen LogP contribution in [0.2, 0.25) is 0 Å². The lowest BCUT2D eigenvalue weighted by Crippen LogP contribution is -2.37. The van der Waals surface area contributed by atoms with Crippen LogP contribution in [0.5, 0.6) is 0 Å². The SMILES string of the molecule is CN=C(NCc1sc(C)nc1C)N(C)Cc1ccsc1.I. The molecular weight excluding hydrogens is 415 g/mol. The zero-order valence-electron chi connectivity index (χ0n) is 12.7. The minimum atomic E-state index is 0. The highest BCUT2D eigenvalue weighted by atomic mass is 127. The van der Waals surface area contributed by atoms with Crippen LogP contribution in [0.15, 0.2) is 21.8 Å². The van der Waals surface area contributed by atoms with Crippen molar-refractivity contribution >= 4 is 52.6 Å². The second kappa shape index (κ2) is 8.70. The molecule has 2 rings (SSSR count). The number of aromatic nitrogens is 1. The van der Waals surface area contributed by atoms with Crippen LogP contribution < -0.4 is 5.32 Å². The van der Waals surface area contributed by atoms with E-state index in [9.17, 15) is 0 Å². The van der Waals surface area contributed by atoms with E-state index in [4.69, 9.17) is 0 Å². The molecule has 4 nitrogen and oxygen atoms in total. The second-order valence-corrected chi connectivity index (χ2v) is 6.70. The summed E-state index contributed by atoms with van der Waals surface area (Å²) in [6.45, 7) is 5.74. The molecule has 0 bridgehead atoms. The fraction of sp³-hybridized carbons (Fsp3) is 0.429. The summed E-state index contributed by atoms with van der Waals surface area (Å²) in [7, 11) is 3.87. The first kappa shape index (κ1) is 18.4. The lowest BCUT2D eigenvalue weighted by Gasteiger charge is -2.21. The van der Waals surface area contributed by atoms with Crippen molar-refractivity contribution in [2.24, 2.45) is 4.99 Å². The summed E-state index contributed by atoms with van der Waals surface area (Å²) in [5, 5.41) is 8.78. The van der Waals surface area contributed by atoms with Gasteiger partial charge in [0.05, 0.1) is 17.2 Å². The Bertz CT molecular complexity index is 578. The van der Waals surface area contributed by atoms with Crippen LogP contribution in [-0.4, -0.2) is 29.9 Å². The Hall–Kier alpha value is -0.670. The van der Waals surface area contributed by atoms with E-state index in [0.29, 0.717) is 0 Å². The number of aliphatic imine (C=N–C) groups is 1. The summed E-state index contributed by atoms with van der Waals surface area (Å²) in [5.41, 5.74) is 2.42. The molecule has 0 saturated heterocycles. The van der Waals surface area contributed by atoms with Gasteiger partial charge in [-0.1, -0.05) is 0 Å². The van der Waals surface area contributed by atoms with Gasteiger partial charge in [0.15, 0.2) is 5.96 Å². The van der Waals surface area contributed by atoms with Gasteiger partial charge in [-0.05, 0) is 36.2 Å². The first-order valence-corrected chi connectivity index (χ1v) is 8.22. The molecule has 0 atom stereocenters. The Morgan fingerprint density at radius 2 is 2.19 bits per heavy atom. The number of guanidine groups is 1. The fourth-order valence-electron chi connectivity index (χ4n) is 2.01. The van der Waals surface area contributed by atoms with Crippen molar-refractivity contribution in [3.8, 4) is 0 Å². The Labute approximate surface area is 151 Å². The lowest BCUT2D eigenvalue weighted by atomic mass is 10.3. The van der Waals surface area contributed by atoms with Gasteiger partial charge in [0, 0.05) is 25.5 Å². The molecule has 21 heavy (non-hydrogen) atoms. The molecule has 0 aromatic carbocycles. The Morgan fingerprint density at radius 3 is 2.71 bits per heavy atom. The Kier molecular flexibility index (Phi) is 7.61. The van der Waals surface area contributed by atoms with Crippen molar-refractivity contribution in [2.75, 3.05) is 14.1 Å². The minimum absolute atomic E-state index is 0. The maximum absolute atomic E-state index is 4.45. The highest BCUT2D eigenvalue weighted by Gasteiger charge is 2.09. The number of hydrogen-bond donors (Lipinski definition) is 1. The Balaban J connectivity index is 0.00000220. The minimum Gasteiger partial charge on any atom is -0.351 e. The van der Waals surface area contributed by atoms with Crippen LogP contribution in [0.25, 0.3) is 0 Å². The number of thiazole rings is 1. The van der Waals surface area contributed by atoms with Crippen molar-refractivity contribution in [2.45, 2.75) is 26.9 Å². The van der Waals surface area contributed by atoms with Crippen molar-refractivity contribution in [1.82, 2.24) is 15.2 Å². The van der Waals surface area contributed by atoms with Gasteiger partial charge >= 0.3 is 0 Å². The summed E-state index contributed by atoms with van der Waals surface area (Å²) in [6.07, 6.45) is 0. The fourth-order valence-corrected chi connectivity index (χ4v) is 3.55. The smallest absolute Gasteiger partial charge is 0.193 e. The third kappa shape index (κ3) is 5.23. The summed E-state index contributed by atoms with van der Waals surface area (Å²) >= 11 is 3.46. The number of rotatable bonds is 4. The Morgan fingerprint density at radius 1 is 1.43 bits per heavy atom. The van der Waals surface area contributed by atoms with Gasteiger partial charge in [0.1, 0.15) is 0 Å². The van der Waals surface area contributed by atoms with E-state index in [1.807, 2.05) is 14.0 Å². The first-order chi connectivity index (χ1) is 9.60. The number of halogens is 1. The topological polar surface area (TPSA) is 40.5 Å². The molecule has 2 heterocycles. The molecular formula is C14H21IN4S2. The molecule has 0 aliphatic carbocycles. The van der Waals surface area contributed by atoms with E-state index in [0.717, 1.165) is 29.8 Å². The molecule has 0 spiro atoms. The largest absolute Gasteiger partial charge is 0.351 e. The van der Waals surface area contributed by atoms with Crippen LogP contribution in [0, 0.1) is 13.8 Å². The van der Waals surface area contributed by atoms with Crippen LogP contribution in [0.4, 0.5) is 0 Å². The van der Waals surface area contributed by atoms with Gasteiger partial charge in [0.2, 0.25) is 0 Å². The summed E-state index contributed by atoms with van der Waals surface area (Å²) in [4.78, 5) is 12.2. The molecule has 0 amide bonds. The predicted octanol–water partition coefficient (Wildman–Crippen LogP) is 3.65.